The van der Waals surface area contributed by atoms with Gasteiger partial charge < -0.3 is 4.74 Å². The molecule has 0 heterocycles. The first-order valence-electron chi connectivity index (χ1n) is 7.22. The largest absolute Gasteiger partial charge is 0.462 e. The number of rotatable bonds is 8. The zero-order valence-electron chi connectivity index (χ0n) is 13.1. The maximum absolute atomic E-state index is 12.5. The number of unbranched alkanes of at least 4 members (excludes halogenated alkanes) is 1. The van der Waals surface area contributed by atoms with E-state index >= 15 is 0 Å². The third-order valence-corrected chi connectivity index (χ3v) is 5.54. The molecule has 0 atom stereocenters. The number of hydrogen-bond acceptors (Lipinski definition) is 5. The zero-order chi connectivity index (χ0) is 17.5. The minimum absolute atomic E-state index is 0.00291. The van der Waals surface area contributed by atoms with Gasteiger partial charge in [-0.05, 0) is 24.6 Å². The lowest BCUT2D eigenvalue weighted by Gasteiger charge is -2.19. The summed E-state index contributed by atoms with van der Waals surface area (Å²) in [5.74, 6) is -0.704. The van der Waals surface area contributed by atoms with Crippen molar-refractivity contribution in [1.82, 2.24) is 4.31 Å². The molecule has 1 rings (SSSR count). The Balaban J connectivity index is 3.04. The molecule has 0 saturated carbocycles. The van der Waals surface area contributed by atoms with Crippen molar-refractivity contribution in [2.45, 2.75) is 31.6 Å². The van der Waals surface area contributed by atoms with Crippen molar-refractivity contribution < 1.29 is 17.9 Å². The Morgan fingerprint density at radius 3 is 2.57 bits per heavy atom. The average molecular weight is 359 g/mol. The van der Waals surface area contributed by atoms with E-state index in [4.69, 9.17) is 21.6 Å². The summed E-state index contributed by atoms with van der Waals surface area (Å²) in [4.78, 5) is 12.0. The van der Waals surface area contributed by atoms with Crippen molar-refractivity contribution in [3.63, 3.8) is 0 Å². The third kappa shape index (κ3) is 4.93. The van der Waals surface area contributed by atoms with Gasteiger partial charge in [-0.3, -0.25) is 0 Å². The van der Waals surface area contributed by atoms with Gasteiger partial charge in [0.15, 0.2) is 0 Å². The fraction of sp³-hybridized carbons (Fsp3) is 0.467. The number of carbonyl (C=O) groups excluding carboxylic acids is 1. The third-order valence-electron chi connectivity index (χ3n) is 3.17. The molecule has 1 aromatic carbocycles. The van der Waals surface area contributed by atoms with Gasteiger partial charge in [0.05, 0.1) is 28.2 Å². The van der Waals surface area contributed by atoms with E-state index in [-0.39, 0.29) is 28.5 Å². The van der Waals surface area contributed by atoms with Gasteiger partial charge in [0, 0.05) is 19.5 Å². The van der Waals surface area contributed by atoms with Crippen LogP contribution in [0.4, 0.5) is 0 Å². The van der Waals surface area contributed by atoms with E-state index in [1.165, 1.54) is 22.5 Å². The highest BCUT2D eigenvalue weighted by molar-refractivity contribution is 7.89. The summed E-state index contributed by atoms with van der Waals surface area (Å²) in [6.45, 7) is 4.21. The summed E-state index contributed by atoms with van der Waals surface area (Å²) in [5.41, 5.74) is -0.00291. The molecule has 0 aliphatic rings. The normalized spacial score (nSPS) is 11.3. The first-order chi connectivity index (χ1) is 10.9. The van der Waals surface area contributed by atoms with E-state index in [0.717, 1.165) is 0 Å². The smallest absolute Gasteiger partial charge is 0.339 e. The topological polar surface area (TPSA) is 87.5 Å². The van der Waals surface area contributed by atoms with Gasteiger partial charge in [0.1, 0.15) is 0 Å². The number of halogens is 1. The second-order valence-electron chi connectivity index (χ2n) is 4.63. The van der Waals surface area contributed by atoms with Gasteiger partial charge in [0.2, 0.25) is 10.0 Å². The highest BCUT2D eigenvalue weighted by Gasteiger charge is 2.24. The lowest BCUT2D eigenvalue weighted by atomic mass is 10.2. The molecule has 0 unspecified atom stereocenters. The highest BCUT2D eigenvalue weighted by atomic mass is 35.5. The van der Waals surface area contributed by atoms with Gasteiger partial charge in [-0.2, -0.15) is 9.57 Å². The molecule has 0 N–H and O–H groups in total. The number of nitriles is 1. The van der Waals surface area contributed by atoms with Gasteiger partial charge in [-0.15, -0.1) is 0 Å². The van der Waals surface area contributed by atoms with E-state index in [1.807, 2.05) is 6.07 Å². The van der Waals surface area contributed by atoms with E-state index in [1.54, 1.807) is 13.8 Å². The van der Waals surface area contributed by atoms with E-state index in [2.05, 4.69) is 0 Å². The van der Waals surface area contributed by atoms with Crippen LogP contribution in [0.1, 0.15) is 37.0 Å². The van der Waals surface area contributed by atoms with Gasteiger partial charge in [0.25, 0.3) is 0 Å². The molecular formula is C15H19ClN2O4S. The average Bonchev–Trinajstić information content (AvgIpc) is 2.52. The van der Waals surface area contributed by atoms with Crippen molar-refractivity contribution >= 4 is 27.6 Å². The maximum Gasteiger partial charge on any atom is 0.339 e. The number of hydrogen-bond donors (Lipinski definition) is 0. The first kappa shape index (κ1) is 19.4. The van der Waals surface area contributed by atoms with E-state index in [9.17, 15) is 13.2 Å². The van der Waals surface area contributed by atoms with Crippen LogP contribution in [0.25, 0.3) is 0 Å². The Morgan fingerprint density at radius 1 is 1.35 bits per heavy atom. The fourth-order valence-corrected chi connectivity index (χ4v) is 3.61. The molecule has 23 heavy (non-hydrogen) atoms. The Morgan fingerprint density at radius 2 is 2.00 bits per heavy atom. The standard InChI is InChI=1S/C15H19ClN2O4S/c1-3-18(4-2)23(20,21)12-7-8-14(16)13(11-12)15(19)22-10-6-5-9-17/h7-8,11H,3-6,10H2,1-2H3. The minimum Gasteiger partial charge on any atom is -0.462 e. The summed E-state index contributed by atoms with van der Waals surface area (Å²) in [7, 11) is -3.68. The Hall–Kier alpha value is -1.62. The molecule has 0 aliphatic carbocycles. The number of nitrogens with zero attached hydrogens (tertiary/aromatic N) is 2. The van der Waals surface area contributed by atoms with Crippen LogP contribution >= 0.6 is 11.6 Å². The van der Waals surface area contributed by atoms with Crippen LogP contribution in [-0.4, -0.2) is 38.4 Å². The molecule has 6 nitrogen and oxygen atoms in total. The number of esters is 1. The number of ether oxygens (including phenoxy) is 1. The van der Waals surface area contributed by atoms with Crippen LogP contribution in [-0.2, 0) is 14.8 Å². The van der Waals surface area contributed by atoms with Crippen LogP contribution in [0.3, 0.4) is 0 Å². The predicted octanol–water partition coefficient (Wildman–Crippen LogP) is 2.83. The number of benzene rings is 1. The van der Waals surface area contributed by atoms with E-state index in [0.29, 0.717) is 19.5 Å². The molecule has 0 radical (unpaired) electrons. The maximum atomic E-state index is 12.5. The lowest BCUT2D eigenvalue weighted by molar-refractivity contribution is 0.0501. The second kappa shape index (κ2) is 8.87. The van der Waals surface area contributed by atoms with Crippen LogP contribution < -0.4 is 0 Å². The second-order valence-corrected chi connectivity index (χ2v) is 6.97. The molecule has 126 valence electrons. The van der Waals surface area contributed by atoms with Crippen molar-refractivity contribution in [2.24, 2.45) is 0 Å². The van der Waals surface area contributed by atoms with Crippen molar-refractivity contribution in [2.75, 3.05) is 19.7 Å². The van der Waals surface area contributed by atoms with Crippen LogP contribution in [0, 0.1) is 11.3 Å². The summed E-state index contributed by atoms with van der Waals surface area (Å²) < 4.78 is 31.2. The zero-order valence-corrected chi connectivity index (χ0v) is 14.7. The molecule has 0 saturated heterocycles. The summed E-state index contributed by atoms with van der Waals surface area (Å²) >= 11 is 5.97. The molecular weight excluding hydrogens is 340 g/mol. The molecule has 0 aromatic heterocycles. The van der Waals surface area contributed by atoms with Crippen LogP contribution in [0.2, 0.25) is 5.02 Å². The lowest BCUT2D eigenvalue weighted by Crippen LogP contribution is -2.30. The quantitative estimate of drug-likeness (QED) is 0.526. The molecule has 1 aromatic rings. The summed E-state index contributed by atoms with van der Waals surface area (Å²) in [5, 5.41) is 8.55. The van der Waals surface area contributed by atoms with Crippen molar-refractivity contribution in [1.29, 1.82) is 5.26 Å². The van der Waals surface area contributed by atoms with Crippen molar-refractivity contribution in [3.05, 3.63) is 28.8 Å². The van der Waals surface area contributed by atoms with Crippen LogP contribution in [0.15, 0.2) is 23.1 Å². The minimum atomic E-state index is -3.68. The first-order valence-corrected chi connectivity index (χ1v) is 9.04. The summed E-state index contributed by atoms with van der Waals surface area (Å²) in [6.07, 6.45) is 0.689. The Kier molecular flexibility index (Phi) is 7.49. The highest BCUT2D eigenvalue weighted by Crippen LogP contribution is 2.23. The molecule has 8 heteroatoms. The predicted molar refractivity (Wildman–Crippen MR) is 86.7 cm³/mol. The molecule has 0 bridgehead atoms. The number of sulfonamides is 1. The SMILES string of the molecule is CCN(CC)S(=O)(=O)c1ccc(Cl)c(C(=O)OCCCC#N)c1. The van der Waals surface area contributed by atoms with Gasteiger partial charge in [-0.25, -0.2) is 13.2 Å². The molecule has 0 fully saturated rings. The number of carbonyl (C=O) groups is 1. The van der Waals surface area contributed by atoms with Gasteiger partial charge in [-0.1, -0.05) is 25.4 Å². The van der Waals surface area contributed by atoms with E-state index < -0.39 is 16.0 Å². The Labute approximate surface area is 141 Å². The Bertz CT molecular complexity index is 694. The van der Waals surface area contributed by atoms with Gasteiger partial charge >= 0.3 is 5.97 Å². The molecule has 0 amide bonds. The fourth-order valence-electron chi connectivity index (χ4n) is 1.93. The van der Waals surface area contributed by atoms with Crippen LogP contribution in [0.5, 0.6) is 0 Å². The summed E-state index contributed by atoms with van der Waals surface area (Å²) in [6, 6.07) is 5.90. The molecule has 0 aliphatic heterocycles. The molecule has 0 spiro atoms. The monoisotopic (exact) mass is 358 g/mol. The van der Waals surface area contributed by atoms with Crippen molar-refractivity contribution in [3.8, 4) is 6.07 Å².